The molecule has 0 aromatic carbocycles. The lowest BCUT2D eigenvalue weighted by Crippen LogP contribution is -2.33. The summed E-state index contributed by atoms with van der Waals surface area (Å²) in [5.74, 6) is 9.17. The summed E-state index contributed by atoms with van der Waals surface area (Å²) < 4.78 is 12.1. The lowest BCUT2D eigenvalue weighted by molar-refractivity contribution is -0.150. The molecule has 2 aliphatic rings. The number of esters is 1. The summed E-state index contributed by atoms with van der Waals surface area (Å²) in [5, 5.41) is 8.68. The Balaban J connectivity index is 1.54. The summed E-state index contributed by atoms with van der Waals surface area (Å²) in [5.41, 5.74) is 0. The number of rotatable bonds is 34. The average Bonchev–Trinajstić information content (AvgIpc) is 3.19. The number of carbonyl (C=O) groups is 1. The van der Waals surface area contributed by atoms with Gasteiger partial charge in [0.25, 0.3) is 0 Å². The second-order valence-corrected chi connectivity index (χ2v) is 22.4. The average molecular weight is 841 g/mol. The van der Waals surface area contributed by atoms with E-state index in [1.165, 1.54) is 114 Å². The van der Waals surface area contributed by atoms with Gasteiger partial charge in [-0.3, -0.25) is 4.79 Å². The highest BCUT2D eigenvalue weighted by Crippen LogP contribution is 2.42. The molecule has 56 heavy (non-hydrogen) atoms. The smallest absolute Gasteiger partial charge is 0.308 e. The molecule has 0 bridgehead atoms. The van der Waals surface area contributed by atoms with Crippen molar-refractivity contribution in [2.75, 3.05) is 57.7 Å². The van der Waals surface area contributed by atoms with Crippen LogP contribution in [0, 0.1) is 41.4 Å². The Labute approximate surface area is 361 Å². The predicted molar refractivity (Wildman–Crippen MR) is 253 cm³/mol. The fourth-order valence-electron chi connectivity index (χ4n) is 8.77. The van der Waals surface area contributed by atoms with Crippen LogP contribution in [0.4, 0.5) is 0 Å². The highest BCUT2D eigenvalue weighted by atomic mass is 32.2. The summed E-state index contributed by atoms with van der Waals surface area (Å²) in [6, 6.07) is 0. The van der Waals surface area contributed by atoms with Crippen LogP contribution in [-0.4, -0.2) is 79.4 Å². The monoisotopic (exact) mass is 841 g/mol. The molecular formula is C48H92N2O3S3. The van der Waals surface area contributed by atoms with Crippen LogP contribution in [0.25, 0.3) is 0 Å². The zero-order chi connectivity index (χ0) is 41.0. The van der Waals surface area contributed by atoms with Gasteiger partial charge in [-0.2, -0.15) is 35.3 Å². The van der Waals surface area contributed by atoms with Crippen LogP contribution in [0.1, 0.15) is 170 Å². The minimum atomic E-state index is 0.0804. The topological polar surface area (TPSA) is 59.6 Å². The zero-order valence-electron chi connectivity index (χ0n) is 38.0. The van der Waals surface area contributed by atoms with E-state index in [1.54, 1.807) is 0 Å². The number of ether oxygens (including phenoxy) is 2. The van der Waals surface area contributed by atoms with E-state index in [1.807, 2.05) is 14.1 Å². The lowest BCUT2D eigenvalue weighted by Gasteiger charge is -2.36. The summed E-state index contributed by atoms with van der Waals surface area (Å²) in [7, 11) is 4.09. The summed E-state index contributed by atoms with van der Waals surface area (Å²) in [6.45, 7) is 22.3. The van der Waals surface area contributed by atoms with Crippen LogP contribution in [0.2, 0.25) is 0 Å². The minimum Gasteiger partial charge on any atom is -0.498 e. The quantitative estimate of drug-likeness (QED) is 0.0377. The molecule has 2 fully saturated rings. The molecule has 0 heterocycles. The molecule has 0 aromatic heterocycles. The van der Waals surface area contributed by atoms with Crippen LogP contribution in [0.15, 0.2) is 12.3 Å². The number of unbranched alkanes of at least 4 members (excludes halogenated alkanes) is 9. The van der Waals surface area contributed by atoms with Gasteiger partial charge in [-0.1, -0.05) is 106 Å². The van der Waals surface area contributed by atoms with Crippen molar-refractivity contribution in [3.05, 3.63) is 12.3 Å². The van der Waals surface area contributed by atoms with Crippen molar-refractivity contribution in [3.63, 3.8) is 0 Å². The first-order valence-corrected chi connectivity index (χ1v) is 26.9. The Morgan fingerprint density at radius 1 is 0.696 bits per heavy atom. The van der Waals surface area contributed by atoms with Crippen LogP contribution < -0.4 is 10.6 Å². The van der Waals surface area contributed by atoms with Crippen LogP contribution >= 0.6 is 35.3 Å². The van der Waals surface area contributed by atoms with E-state index in [4.69, 9.17) is 9.47 Å². The molecule has 2 saturated carbocycles. The van der Waals surface area contributed by atoms with Gasteiger partial charge in [0, 0.05) is 46.3 Å². The molecule has 2 rings (SSSR count). The molecular weight excluding hydrogens is 749 g/mol. The Bertz CT molecular complexity index is 985. The largest absolute Gasteiger partial charge is 0.498 e. The number of allylic oxidation sites excluding steroid dienone is 1. The molecule has 0 spiro atoms. The molecule has 0 aromatic rings. The molecule has 0 radical (unpaired) electrons. The van der Waals surface area contributed by atoms with E-state index >= 15 is 0 Å². The predicted octanol–water partition coefficient (Wildman–Crippen LogP) is 13.1. The number of hydrogen-bond donors (Lipinski definition) is 2. The second-order valence-electron chi connectivity index (χ2n) is 18.1. The van der Waals surface area contributed by atoms with Crippen molar-refractivity contribution in [1.82, 2.24) is 10.6 Å². The molecule has 2 aliphatic carbocycles. The van der Waals surface area contributed by atoms with Gasteiger partial charge in [-0.25, -0.2) is 0 Å². The van der Waals surface area contributed by atoms with Crippen LogP contribution in [-0.2, 0) is 14.3 Å². The summed E-state index contributed by atoms with van der Waals surface area (Å²) in [6.07, 6.45) is 24.7. The number of carbonyl (C=O) groups excluding carboxylic acids is 1. The van der Waals surface area contributed by atoms with Crippen molar-refractivity contribution in [2.45, 2.75) is 186 Å². The van der Waals surface area contributed by atoms with E-state index in [0.29, 0.717) is 17.8 Å². The molecule has 0 saturated heterocycles. The van der Waals surface area contributed by atoms with Gasteiger partial charge in [-0.05, 0) is 120 Å². The lowest BCUT2D eigenvalue weighted by atomic mass is 9.78. The molecule has 5 nitrogen and oxygen atoms in total. The third kappa shape index (κ3) is 22.5. The van der Waals surface area contributed by atoms with Crippen molar-refractivity contribution >= 4 is 41.3 Å². The Morgan fingerprint density at radius 3 is 1.82 bits per heavy atom. The molecule has 0 aliphatic heterocycles. The maximum atomic E-state index is 13.2. The van der Waals surface area contributed by atoms with E-state index in [-0.39, 0.29) is 11.9 Å². The standard InChI is InChI=1S/C48H92N2O3S3/c1-10-54-45(39(5)22-21-38(4)37(2)3)28-27-42-25-26-44(36-47(42)56-34-30-50-9)48(51)53-32-20-18-16-14-12-11-13-15-17-19-31-52-41(7)43-24-23-40(6)46(35-43)55-33-29-49-8/h37-40,42-47,49-50H,7,10-36H2,1-6,8-9H3. The first-order valence-electron chi connectivity index (χ1n) is 23.7. The Kier molecular flexibility index (Phi) is 30.4. The third-order valence-electron chi connectivity index (χ3n) is 13.3. The zero-order valence-corrected chi connectivity index (χ0v) is 40.5. The highest BCUT2D eigenvalue weighted by Gasteiger charge is 2.35. The number of thioether (sulfide) groups is 3. The number of nitrogens with one attached hydrogen (secondary N) is 2. The fraction of sp³-hybridized carbons (Fsp3) is 0.938. The molecule has 0 amide bonds. The maximum Gasteiger partial charge on any atom is 0.308 e. The Morgan fingerprint density at radius 2 is 1.23 bits per heavy atom. The van der Waals surface area contributed by atoms with Crippen molar-refractivity contribution in [1.29, 1.82) is 0 Å². The van der Waals surface area contributed by atoms with Crippen molar-refractivity contribution < 1.29 is 14.3 Å². The highest BCUT2D eigenvalue weighted by molar-refractivity contribution is 8.00. The SMILES string of the molecule is C=C(OCCCCCCCCCCCCOC(=O)C1CCC(CCC(SCC)C(C)CCC(C)C(C)C)C(SCCNC)C1)C1CCC(C)C(SCCNC)C1. The van der Waals surface area contributed by atoms with E-state index in [0.717, 1.165) is 97.0 Å². The van der Waals surface area contributed by atoms with E-state index < -0.39 is 0 Å². The van der Waals surface area contributed by atoms with Gasteiger partial charge in [0.1, 0.15) is 0 Å². The number of hydrogen-bond acceptors (Lipinski definition) is 8. The first kappa shape index (κ1) is 52.1. The van der Waals surface area contributed by atoms with E-state index in [9.17, 15) is 4.79 Å². The van der Waals surface area contributed by atoms with Gasteiger partial charge in [0.15, 0.2) is 0 Å². The first-order chi connectivity index (χ1) is 27.1. The molecule has 2 N–H and O–H groups in total. The third-order valence-corrected chi connectivity index (χ3v) is 17.8. The van der Waals surface area contributed by atoms with Gasteiger partial charge in [-0.15, -0.1) is 0 Å². The molecule has 9 atom stereocenters. The Hall–Kier alpha value is -0.0200. The summed E-state index contributed by atoms with van der Waals surface area (Å²) >= 11 is 6.43. The van der Waals surface area contributed by atoms with Crippen LogP contribution in [0.5, 0.6) is 0 Å². The van der Waals surface area contributed by atoms with Crippen molar-refractivity contribution in [3.8, 4) is 0 Å². The van der Waals surface area contributed by atoms with E-state index in [2.05, 4.69) is 94.0 Å². The fourth-order valence-corrected chi connectivity index (χ4v) is 13.0. The normalized spacial score (nSPS) is 24.5. The molecule has 9 unspecified atom stereocenters. The summed E-state index contributed by atoms with van der Waals surface area (Å²) in [4.78, 5) is 13.2. The van der Waals surface area contributed by atoms with Gasteiger partial charge >= 0.3 is 5.97 Å². The van der Waals surface area contributed by atoms with Gasteiger partial charge in [0.2, 0.25) is 0 Å². The molecule has 330 valence electrons. The molecule has 8 heteroatoms. The van der Waals surface area contributed by atoms with Gasteiger partial charge in [0.05, 0.1) is 24.9 Å². The van der Waals surface area contributed by atoms with Gasteiger partial charge < -0.3 is 20.1 Å². The maximum absolute atomic E-state index is 13.2. The second kappa shape index (κ2) is 32.7. The minimum absolute atomic E-state index is 0.0804. The van der Waals surface area contributed by atoms with Crippen LogP contribution in [0.3, 0.4) is 0 Å². The van der Waals surface area contributed by atoms with Crippen molar-refractivity contribution in [2.24, 2.45) is 41.4 Å².